The van der Waals surface area contributed by atoms with Crippen molar-refractivity contribution in [1.29, 1.82) is 0 Å². The highest BCUT2D eigenvalue weighted by Gasteiger charge is 2.61. The van der Waals surface area contributed by atoms with Crippen molar-refractivity contribution in [2.24, 2.45) is 11.8 Å². The number of pyridine rings is 1. The minimum atomic E-state index is -1.23. The molecular weight excluding hydrogens is 453 g/mol. The van der Waals surface area contributed by atoms with Crippen molar-refractivity contribution in [3.63, 3.8) is 0 Å². The highest BCUT2D eigenvalue weighted by atomic mass is 35.5. The number of nitrogens with one attached hydrogen (secondary N) is 1. The van der Waals surface area contributed by atoms with Crippen molar-refractivity contribution in [1.82, 2.24) is 15.2 Å². The fourth-order valence-electron chi connectivity index (χ4n) is 4.18. The molecule has 0 radical (unpaired) electrons. The zero-order valence-corrected chi connectivity index (χ0v) is 17.7. The molecule has 1 aromatic carbocycles. The molecule has 3 heterocycles. The quantitative estimate of drug-likeness (QED) is 0.517. The Kier molecular flexibility index (Phi) is 5.72. The molecule has 2 amide bonds. The molecule has 7 nitrogen and oxygen atoms in total. The van der Waals surface area contributed by atoms with Crippen molar-refractivity contribution in [3.8, 4) is 0 Å². The van der Waals surface area contributed by atoms with Gasteiger partial charge in [0.1, 0.15) is 6.04 Å². The Morgan fingerprint density at radius 2 is 1.87 bits per heavy atom. The van der Waals surface area contributed by atoms with E-state index in [2.05, 4.69) is 10.3 Å². The predicted octanol–water partition coefficient (Wildman–Crippen LogP) is 2.98. The molecule has 10 heteroatoms. The third-order valence-corrected chi connectivity index (χ3v) is 6.54. The lowest BCUT2D eigenvalue weighted by molar-refractivity contribution is -0.146. The molecule has 2 saturated heterocycles. The molecule has 2 aliphatic heterocycles. The van der Waals surface area contributed by atoms with Crippen LogP contribution in [0.2, 0.25) is 15.1 Å². The number of carboxylic acid groups (broad SMARTS) is 1. The monoisotopic (exact) mass is 467 g/mol. The fraction of sp³-hybridized carbons (Fsp3) is 0.300. The van der Waals surface area contributed by atoms with Crippen LogP contribution in [-0.4, -0.2) is 45.4 Å². The number of nitrogens with zero attached hydrogens (tertiary/aromatic N) is 2. The number of aliphatic carboxylic acids is 1. The third kappa shape index (κ3) is 3.56. The van der Waals surface area contributed by atoms with Crippen molar-refractivity contribution in [2.75, 3.05) is 6.54 Å². The molecule has 4 rings (SSSR count). The van der Waals surface area contributed by atoms with Crippen LogP contribution >= 0.6 is 34.8 Å². The lowest BCUT2D eigenvalue weighted by Crippen LogP contribution is -2.43. The van der Waals surface area contributed by atoms with Crippen LogP contribution in [0.4, 0.5) is 0 Å². The van der Waals surface area contributed by atoms with Crippen LogP contribution in [0, 0.1) is 11.8 Å². The zero-order valence-electron chi connectivity index (χ0n) is 15.4. The first-order chi connectivity index (χ1) is 14.3. The van der Waals surface area contributed by atoms with Crippen LogP contribution in [0.3, 0.4) is 0 Å². The number of rotatable bonds is 5. The van der Waals surface area contributed by atoms with E-state index in [0.29, 0.717) is 17.0 Å². The van der Waals surface area contributed by atoms with Crippen LogP contribution in [0.5, 0.6) is 0 Å². The van der Waals surface area contributed by atoms with Gasteiger partial charge in [-0.15, -0.1) is 0 Å². The van der Waals surface area contributed by atoms with E-state index < -0.39 is 41.7 Å². The minimum Gasteiger partial charge on any atom is -0.480 e. The lowest BCUT2D eigenvalue weighted by Gasteiger charge is -2.22. The van der Waals surface area contributed by atoms with E-state index in [1.807, 2.05) is 6.07 Å². The van der Waals surface area contributed by atoms with E-state index in [1.54, 1.807) is 18.3 Å². The maximum atomic E-state index is 13.2. The molecule has 0 saturated carbocycles. The Balaban J connectivity index is 1.67. The molecule has 2 aromatic rings. The normalized spacial score (nSPS) is 25.6. The molecule has 0 bridgehead atoms. The summed E-state index contributed by atoms with van der Waals surface area (Å²) in [4.78, 5) is 43.4. The largest absolute Gasteiger partial charge is 0.480 e. The van der Waals surface area contributed by atoms with Gasteiger partial charge in [-0.2, -0.15) is 0 Å². The Labute approximate surface area is 186 Å². The molecular formula is C20H16Cl3N3O4. The van der Waals surface area contributed by atoms with Gasteiger partial charge in [0.15, 0.2) is 0 Å². The van der Waals surface area contributed by atoms with Crippen molar-refractivity contribution in [2.45, 2.75) is 18.5 Å². The first kappa shape index (κ1) is 21.1. The van der Waals surface area contributed by atoms with Crippen molar-refractivity contribution >= 4 is 52.6 Å². The number of hydrogen-bond acceptors (Lipinski definition) is 5. The SMILES string of the molecule is O=C(O)C1NC(c2cc(Cl)cc(Cl)c2Cl)C2C(=O)N(CCc3ccccn3)C(=O)C12. The van der Waals surface area contributed by atoms with E-state index in [4.69, 9.17) is 34.8 Å². The van der Waals surface area contributed by atoms with Crippen LogP contribution < -0.4 is 5.32 Å². The second kappa shape index (κ2) is 8.15. The van der Waals surface area contributed by atoms with Gasteiger partial charge in [0.05, 0.1) is 21.9 Å². The topological polar surface area (TPSA) is 99.6 Å². The Morgan fingerprint density at radius 3 is 2.53 bits per heavy atom. The molecule has 0 spiro atoms. The lowest BCUT2D eigenvalue weighted by atomic mass is 9.86. The highest BCUT2D eigenvalue weighted by molar-refractivity contribution is 6.43. The molecule has 30 heavy (non-hydrogen) atoms. The van der Waals surface area contributed by atoms with Gasteiger partial charge in [0.2, 0.25) is 11.8 Å². The van der Waals surface area contributed by atoms with Crippen LogP contribution in [0.1, 0.15) is 17.3 Å². The molecule has 1 aromatic heterocycles. The second-order valence-corrected chi connectivity index (χ2v) is 8.42. The number of amides is 2. The molecule has 2 N–H and O–H groups in total. The first-order valence-electron chi connectivity index (χ1n) is 9.18. The summed E-state index contributed by atoms with van der Waals surface area (Å²) in [5.41, 5.74) is 1.12. The number of aromatic nitrogens is 1. The number of hydrogen-bond donors (Lipinski definition) is 2. The summed E-state index contributed by atoms with van der Waals surface area (Å²) in [6.07, 6.45) is 2.00. The highest BCUT2D eigenvalue weighted by Crippen LogP contribution is 2.47. The first-order valence-corrected chi connectivity index (χ1v) is 10.3. The standard InChI is InChI=1S/C20H16Cl3N3O4/c21-9-7-11(15(23)12(22)8-9)16-13-14(17(25-16)20(29)30)19(28)26(18(13)27)6-4-10-3-1-2-5-24-10/h1-3,5,7-8,13-14,16-17,25H,4,6H2,(H,29,30). The summed E-state index contributed by atoms with van der Waals surface area (Å²) in [7, 11) is 0. The number of carbonyl (C=O) groups is 3. The number of carbonyl (C=O) groups excluding carboxylic acids is 2. The number of imide groups is 1. The van der Waals surface area contributed by atoms with Gasteiger partial charge in [-0.1, -0.05) is 40.9 Å². The Hall–Kier alpha value is -2.19. The second-order valence-electron chi connectivity index (χ2n) is 7.20. The van der Waals surface area contributed by atoms with Gasteiger partial charge in [-0.05, 0) is 29.8 Å². The maximum absolute atomic E-state index is 13.2. The average Bonchev–Trinajstić information content (AvgIpc) is 3.21. The van der Waals surface area contributed by atoms with E-state index in [1.165, 1.54) is 12.1 Å². The van der Waals surface area contributed by atoms with Crippen molar-refractivity contribution < 1.29 is 19.5 Å². The van der Waals surface area contributed by atoms with E-state index in [9.17, 15) is 19.5 Å². The van der Waals surface area contributed by atoms with Gasteiger partial charge < -0.3 is 5.11 Å². The number of benzene rings is 1. The van der Waals surface area contributed by atoms with Crippen LogP contribution in [0.25, 0.3) is 0 Å². The molecule has 156 valence electrons. The van der Waals surface area contributed by atoms with Gasteiger partial charge >= 0.3 is 5.97 Å². The number of halogens is 3. The Morgan fingerprint density at radius 1 is 1.13 bits per heavy atom. The van der Waals surface area contributed by atoms with Crippen LogP contribution in [-0.2, 0) is 20.8 Å². The number of carboxylic acids is 1. The van der Waals surface area contributed by atoms with Crippen LogP contribution in [0.15, 0.2) is 36.5 Å². The van der Waals surface area contributed by atoms with E-state index in [-0.39, 0.29) is 16.6 Å². The number of fused-ring (bicyclic) bond motifs is 1. The molecule has 4 unspecified atom stereocenters. The summed E-state index contributed by atoms with van der Waals surface area (Å²) < 4.78 is 0. The molecule has 0 aliphatic carbocycles. The van der Waals surface area contributed by atoms with Crippen molar-refractivity contribution in [3.05, 3.63) is 62.9 Å². The summed E-state index contributed by atoms with van der Waals surface area (Å²) >= 11 is 18.5. The van der Waals surface area contributed by atoms with E-state index >= 15 is 0 Å². The smallest absolute Gasteiger partial charge is 0.321 e. The van der Waals surface area contributed by atoms with E-state index in [0.717, 1.165) is 10.6 Å². The zero-order chi connectivity index (χ0) is 21.6. The molecule has 2 fully saturated rings. The van der Waals surface area contributed by atoms with Gasteiger partial charge in [0, 0.05) is 35.9 Å². The predicted molar refractivity (Wildman–Crippen MR) is 110 cm³/mol. The third-order valence-electron chi connectivity index (χ3n) is 5.51. The fourth-order valence-corrected chi connectivity index (χ4v) is 4.92. The van der Waals surface area contributed by atoms with Gasteiger partial charge in [-0.3, -0.25) is 29.6 Å². The molecule has 4 atom stereocenters. The maximum Gasteiger partial charge on any atom is 0.321 e. The Bertz CT molecular complexity index is 1030. The summed E-state index contributed by atoms with van der Waals surface area (Å²) in [6, 6.07) is 6.33. The van der Waals surface area contributed by atoms with Gasteiger partial charge in [0.25, 0.3) is 0 Å². The molecule has 2 aliphatic rings. The van der Waals surface area contributed by atoms with Gasteiger partial charge in [-0.25, -0.2) is 0 Å². The summed E-state index contributed by atoms with van der Waals surface area (Å²) in [5.74, 6) is -4.15. The summed E-state index contributed by atoms with van der Waals surface area (Å²) in [6.45, 7) is 0.116. The number of likely N-dealkylation sites (tertiary alicyclic amines) is 1. The minimum absolute atomic E-state index is 0.116. The average molecular weight is 469 g/mol. The summed E-state index contributed by atoms with van der Waals surface area (Å²) in [5, 5.41) is 13.2.